The Bertz CT molecular complexity index is 1250. The Balaban J connectivity index is 1.58. The molecule has 4 aromatic rings. The maximum atomic E-state index is 13.3. The normalized spacial score (nSPS) is 11.0. The lowest BCUT2D eigenvalue weighted by Gasteiger charge is -2.05. The molecule has 0 spiro atoms. The third-order valence-corrected chi connectivity index (χ3v) is 6.84. The average Bonchev–Trinajstić information content (AvgIpc) is 3.26. The van der Waals surface area contributed by atoms with Crippen molar-refractivity contribution in [1.29, 1.82) is 0 Å². The number of hydrogen-bond donors (Lipinski definition) is 1. The van der Waals surface area contributed by atoms with Gasteiger partial charge in [-0.2, -0.15) is 0 Å². The molecule has 0 saturated carbocycles. The van der Waals surface area contributed by atoms with Gasteiger partial charge in [0.2, 0.25) is 0 Å². The molecule has 1 N–H and O–H groups in total. The summed E-state index contributed by atoms with van der Waals surface area (Å²) in [5, 5.41) is 16.3. The van der Waals surface area contributed by atoms with Crippen LogP contribution >= 0.6 is 34.4 Å². The number of hydrogen-bond acceptors (Lipinski definition) is 8. The number of thiazole rings is 2. The molecule has 2 aromatic carbocycles. The number of carbonyl (C=O) groups is 1. The van der Waals surface area contributed by atoms with Crippen LogP contribution in [0, 0.1) is 22.9 Å². The summed E-state index contributed by atoms with van der Waals surface area (Å²) >= 11 is 3.70. The lowest BCUT2D eigenvalue weighted by Crippen LogP contribution is -2.12. The van der Waals surface area contributed by atoms with Crippen LogP contribution in [0.5, 0.6) is 0 Å². The molecule has 146 valence electrons. The fourth-order valence-electron chi connectivity index (χ4n) is 2.48. The molecule has 0 atom stereocenters. The molecule has 0 saturated heterocycles. The zero-order valence-corrected chi connectivity index (χ0v) is 17.2. The van der Waals surface area contributed by atoms with Gasteiger partial charge in [0.15, 0.2) is 9.47 Å². The number of amides is 1. The van der Waals surface area contributed by atoms with Crippen LogP contribution in [0.2, 0.25) is 0 Å². The van der Waals surface area contributed by atoms with Gasteiger partial charge in [-0.1, -0.05) is 23.1 Å². The van der Waals surface area contributed by atoms with Crippen LogP contribution in [0.4, 0.5) is 15.2 Å². The largest absolute Gasteiger partial charge is 0.298 e. The van der Waals surface area contributed by atoms with Crippen molar-refractivity contribution in [3.05, 3.63) is 69.0 Å². The number of benzene rings is 2. The second-order valence-corrected chi connectivity index (χ2v) is 9.06. The summed E-state index contributed by atoms with van der Waals surface area (Å²) < 4.78 is 14.6. The number of nitrogens with one attached hydrogen (secondary N) is 1. The second kappa shape index (κ2) is 7.85. The standard InChI is InChI=1S/C18H11FN4O3S3/c1-9-8-27-18(20-9)29-14-5-2-10(6-13(14)23(25)26)16(24)22-17-21-12-4-3-11(19)7-15(12)28-17/h2-8H,1H3,(H,21,22,24). The summed E-state index contributed by atoms with van der Waals surface area (Å²) in [6.07, 6.45) is 0. The van der Waals surface area contributed by atoms with E-state index in [4.69, 9.17) is 0 Å². The summed E-state index contributed by atoms with van der Waals surface area (Å²) in [6, 6.07) is 8.41. The first-order valence-electron chi connectivity index (χ1n) is 8.15. The van der Waals surface area contributed by atoms with Gasteiger partial charge in [-0.05, 0) is 37.3 Å². The van der Waals surface area contributed by atoms with Gasteiger partial charge in [0, 0.05) is 22.7 Å². The van der Waals surface area contributed by atoms with Crippen LogP contribution in [-0.2, 0) is 0 Å². The van der Waals surface area contributed by atoms with Crippen molar-refractivity contribution in [1.82, 2.24) is 9.97 Å². The maximum Gasteiger partial charge on any atom is 0.284 e. The minimum Gasteiger partial charge on any atom is -0.298 e. The van der Waals surface area contributed by atoms with Crippen molar-refractivity contribution in [2.75, 3.05) is 5.32 Å². The molecule has 0 radical (unpaired) electrons. The van der Waals surface area contributed by atoms with Crippen LogP contribution in [0.15, 0.2) is 51.0 Å². The van der Waals surface area contributed by atoms with Crippen molar-refractivity contribution in [3.63, 3.8) is 0 Å². The fourth-order valence-corrected chi connectivity index (χ4v) is 5.25. The predicted octanol–water partition coefficient (Wildman–Crippen LogP) is 5.51. The number of anilines is 1. The lowest BCUT2D eigenvalue weighted by atomic mass is 10.2. The number of carbonyl (C=O) groups excluding carboxylic acids is 1. The molecule has 0 aliphatic heterocycles. The van der Waals surface area contributed by atoms with E-state index >= 15 is 0 Å². The quantitative estimate of drug-likeness (QED) is 0.321. The van der Waals surface area contributed by atoms with E-state index in [1.807, 2.05) is 12.3 Å². The van der Waals surface area contributed by atoms with Gasteiger partial charge in [0.05, 0.1) is 20.0 Å². The highest BCUT2D eigenvalue weighted by molar-refractivity contribution is 8.01. The number of nitrogens with zero attached hydrogens (tertiary/aromatic N) is 3. The summed E-state index contributed by atoms with van der Waals surface area (Å²) in [5.74, 6) is -0.924. The minimum atomic E-state index is -0.533. The molecule has 4 rings (SSSR count). The van der Waals surface area contributed by atoms with Crippen molar-refractivity contribution < 1.29 is 14.1 Å². The Kier molecular flexibility index (Phi) is 5.26. The van der Waals surface area contributed by atoms with E-state index < -0.39 is 16.6 Å². The molecule has 0 fully saturated rings. The summed E-state index contributed by atoms with van der Waals surface area (Å²) in [6.45, 7) is 1.85. The maximum absolute atomic E-state index is 13.3. The molecule has 7 nitrogen and oxygen atoms in total. The third kappa shape index (κ3) is 4.26. The van der Waals surface area contributed by atoms with Gasteiger partial charge < -0.3 is 0 Å². The van der Waals surface area contributed by atoms with Gasteiger partial charge >= 0.3 is 0 Å². The van der Waals surface area contributed by atoms with E-state index in [0.717, 1.165) is 17.0 Å². The SMILES string of the molecule is Cc1csc(Sc2ccc(C(=O)Nc3nc4ccc(F)cc4s3)cc2[N+](=O)[O-])n1. The third-order valence-electron chi connectivity index (χ3n) is 3.78. The second-order valence-electron chi connectivity index (χ2n) is 5.88. The number of aryl methyl sites for hydroxylation is 1. The van der Waals surface area contributed by atoms with Crippen molar-refractivity contribution in [2.45, 2.75) is 16.2 Å². The average molecular weight is 447 g/mol. The Hall–Kier alpha value is -2.89. The Morgan fingerprint density at radius 2 is 2.07 bits per heavy atom. The van der Waals surface area contributed by atoms with Gasteiger partial charge in [0.1, 0.15) is 5.82 Å². The van der Waals surface area contributed by atoms with Gasteiger partial charge in [-0.15, -0.1) is 11.3 Å². The molecular weight excluding hydrogens is 435 g/mol. The monoisotopic (exact) mass is 446 g/mol. The fraction of sp³-hybridized carbons (Fsp3) is 0.0556. The Morgan fingerprint density at radius 1 is 1.24 bits per heavy atom. The van der Waals surface area contributed by atoms with Crippen molar-refractivity contribution >= 4 is 61.4 Å². The molecular formula is C18H11FN4O3S3. The van der Waals surface area contributed by atoms with Crippen LogP contribution in [0.3, 0.4) is 0 Å². The van der Waals surface area contributed by atoms with Crippen molar-refractivity contribution in [2.24, 2.45) is 0 Å². The molecule has 0 aliphatic rings. The topological polar surface area (TPSA) is 98.0 Å². The molecule has 1 amide bonds. The number of aromatic nitrogens is 2. The van der Waals surface area contributed by atoms with Gasteiger partial charge in [0.25, 0.3) is 11.6 Å². The number of nitro groups is 1. The van der Waals surface area contributed by atoms with E-state index in [0.29, 0.717) is 19.5 Å². The molecule has 2 heterocycles. The zero-order valence-electron chi connectivity index (χ0n) is 14.7. The van der Waals surface area contributed by atoms with Crippen LogP contribution < -0.4 is 5.32 Å². The first kappa shape index (κ1) is 19.4. The Morgan fingerprint density at radius 3 is 2.79 bits per heavy atom. The predicted molar refractivity (Wildman–Crippen MR) is 112 cm³/mol. The lowest BCUT2D eigenvalue weighted by molar-refractivity contribution is -0.387. The molecule has 0 aliphatic carbocycles. The molecule has 0 unspecified atom stereocenters. The van der Waals surface area contributed by atoms with E-state index in [2.05, 4.69) is 15.3 Å². The summed E-state index contributed by atoms with van der Waals surface area (Å²) in [5.41, 5.74) is 1.35. The summed E-state index contributed by atoms with van der Waals surface area (Å²) in [7, 11) is 0. The van der Waals surface area contributed by atoms with Crippen molar-refractivity contribution in [3.8, 4) is 0 Å². The highest BCUT2D eigenvalue weighted by Crippen LogP contribution is 2.37. The number of halogens is 1. The Labute approximate surface area is 175 Å². The molecule has 29 heavy (non-hydrogen) atoms. The highest BCUT2D eigenvalue weighted by Gasteiger charge is 2.20. The van der Waals surface area contributed by atoms with E-state index in [9.17, 15) is 19.3 Å². The molecule has 2 aromatic heterocycles. The van der Waals surface area contributed by atoms with Gasteiger partial charge in [-0.3, -0.25) is 20.2 Å². The number of fused-ring (bicyclic) bond motifs is 1. The number of nitro benzene ring substituents is 1. The van der Waals surface area contributed by atoms with Gasteiger partial charge in [-0.25, -0.2) is 14.4 Å². The first-order valence-corrected chi connectivity index (χ1v) is 10.7. The minimum absolute atomic E-state index is 0.127. The van der Waals surface area contributed by atoms with E-state index in [1.54, 1.807) is 0 Å². The van der Waals surface area contributed by atoms with E-state index in [-0.39, 0.29) is 16.4 Å². The molecule has 0 bridgehead atoms. The first-order chi connectivity index (χ1) is 13.9. The molecule has 11 heteroatoms. The van der Waals surface area contributed by atoms with Crippen LogP contribution in [0.25, 0.3) is 10.2 Å². The van der Waals surface area contributed by atoms with E-state index in [1.165, 1.54) is 59.5 Å². The van der Waals surface area contributed by atoms with Crippen LogP contribution in [-0.4, -0.2) is 20.8 Å². The summed E-state index contributed by atoms with van der Waals surface area (Å²) in [4.78, 5) is 32.4. The number of rotatable bonds is 5. The zero-order chi connectivity index (χ0) is 20.5. The van der Waals surface area contributed by atoms with Crippen LogP contribution in [0.1, 0.15) is 16.1 Å². The smallest absolute Gasteiger partial charge is 0.284 e. The highest BCUT2D eigenvalue weighted by atomic mass is 32.2.